The summed E-state index contributed by atoms with van der Waals surface area (Å²) in [6, 6.07) is 19.3. The van der Waals surface area contributed by atoms with E-state index in [9.17, 15) is 0 Å². The maximum absolute atomic E-state index is 8.66. The molecule has 2 nitrogen and oxygen atoms in total. The molecule has 118 valence electrons. The molecule has 2 aromatic carbocycles. The van der Waals surface area contributed by atoms with E-state index in [1.165, 1.54) is 16.7 Å². The summed E-state index contributed by atoms with van der Waals surface area (Å²) in [7, 11) is 0. The van der Waals surface area contributed by atoms with Gasteiger partial charge in [-0.05, 0) is 55.5 Å². The van der Waals surface area contributed by atoms with Crippen LogP contribution in [0.5, 0.6) is 0 Å². The Bertz CT molecular complexity index is 697. The Morgan fingerprint density at radius 2 is 1.61 bits per heavy atom. The summed E-state index contributed by atoms with van der Waals surface area (Å²) in [5, 5.41) is 8.66. The molecule has 2 aliphatic rings. The molecule has 1 N–H and O–H groups in total. The van der Waals surface area contributed by atoms with E-state index in [1.54, 1.807) is 0 Å². The average molecular weight is 304 g/mol. The van der Waals surface area contributed by atoms with Gasteiger partial charge in [0.15, 0.2) is 0 Å². The third kappa shape index (κ3) is 2.72. The minimum absolute atomic E-state index is 0.118. The smallest absolute Gasteiger partial charge is 0.0454 e. The molecule has 1 fully saturated rings. The second-order valence-electron chi connectivity index (χ2n) is 7.07. The molecule has 0 unspecified atom stereocenters. The van der Waals surface area contributed by atoms with Crippen molar-refractivity contribution >= 4 is 5.71 Å². The lowest BCUT2D eigenvalue weighted by Crippen LogP contribution is -2.43. The Hall–Kier alpha value is -1.93. The van der Waals surface area contributed by atoms with Crippen LogP contribution >= 0.6 is 0 Å². The van der Waals surface area contributed by atoms with Gasteiger partial charge in [0.2, 0.25) is 0 Å². The van der Waals surface area contributed by atoms with Crippen molar-refractivity contribution in [2.45, 2.75) is 25.7 Å². The van der Waals surface area contributed by atoms with Crippen LogP contribution in [0, 0.1) is 10.8 Å². The zero-order valence-electron chi connectivity index (χ0n) is 13.6. The van der Waals surface area contributed by atoms with Gasteiger partial charge in [0.1, 0.15) is 0 Å². The number of nitrogens with zero attached hydrogens (tertiary/aromatic N) is 1. The van der Waals surface area contributed by atoms with Crippen molar-refractivity contribution in [3.05, 3.63) is 71.3 Å². The molecule has 1 saturated heterocycles. The predicted molar refractivity (Wildman–Crippen MR) is 95.2 cm³/mol. The van der Waals surface area contributed by atoms with Crippen molar-refractivity contribution in [2.24, 2.45) is 5.41 Å². The molecule has 2 aromatic rings. The normalized spacial score (nSPS) is 19.9. The SMILES string of the molecule is N=C1c2ccccc2CC12CCN(CCc1ccccc1)CC2. The zero-order valence-corrected chi connectivity index (χ0v) is 13.6. The monoisotopic (exact) mass is 304 g/mol. The van der Waals surface area contributed by atoms with Crippen LogP contribution in [-0.4, -0.2) is 30.2 Å². The second kappa shape index (κ2) is 5.93. The van der Waals surface area contributed by atoms with Crippen molar-refractivity contribution in [1.82, 2.24) is 4.90 Å². The number of hydrogen-bond acceptors (Lipinski definition) is 2. The molecule has 1 aliphatic heterocycles. The van der Waals surface area contributed by atoms with Crippen LogP contribution in [0.2, 0.25) is 0 Å². The molecule has 0 bridgehead atoms. The van der Waals surface area contributed by atoms with Crippen LogP contribution in [0.25, 0.3) is 0 Å². The molecule has 23 heavy (non-hydrogen) atoms. The molecule has 4 rings (SSSR count). The largest absolute Gasteiger partial charge is 0.304 e. The van der Waals surface area contributed by atoms with Gasteiger partial charge >= 0.3 is 0 Å². The van der Waals surface area contributed by atoms with E-state index in [0.717, 1.165) is 51.0 Å². The van der Waals surface area contributed by atoms with E-state index in [1.807, 2.05) is 0 Å². The van der Waals surface area contributed by atoms with Gasteiger partial charge in [-0.2, -0.15) is 0 Å². The van der Waals surface area contributed by atoms with Gasteiger partial charge in [0, 0.05) is 17.7 Å². The van der Waals surface area contributed by atoms with Crippen LogP contribution in [0.3, 0.4) is 0 Å². The van der Waals surface area contributed by atoms with E-state index in [0.29, 0.717) is 0 Å². The number of rotatable bonds is 3. The number of likely N-dealkylation sites (tertiary alicyclic amines) is 1. The first-order valence-electron chi connectivity index (χ1n) is 8.70. The van der Waals surface area contributed by atoms with Gasteiger partial charge in [-0.15, -0.1) is 0 Å². The first kappa shape index (κ1) is 14.6. The lowest BCUT2D eigenvalue weighted by molar-refractivity contribution is 0.156. The number of hydrogen-bond donors (Lipinski definition) is 1. The summed E-state index contributed by atoms with van der Waals surface area (Å²) in [4.78, 5) is 2.58. The van der Waals surface area contributed by atoms with Crippen molar-refractivity contribution < 1.29 is 0 Å². The van der Waals surface area contributed by atoms with Crippen LogP contribution < -0.4 is 0 Å². The zero-order chi connectivity index (χ0) is 15.7. The fourth-order valence-electron chi connectivity index (χ4n) is 4.22. The van der Waals surface area contributed by atoms with Crippen LogP contribution in [0.1, 0.15) is 29.5 Å². The maximum atomic E-state index is 8.66. The molecule has 1 spiro atoms. The topological polar surface area (TPSA) is 27.1 Å². The van der Waals surface area contributed by atoms with Crippen molar-refractivity contribution in [2.75, 3.05) is 19.6 Å². The number of piperidine rings is 1. The van der Waals surface area contributed by atoms with Gasteiger partial charge in [-0.1, -0.05) is 54.6 Å². The molecule has 0 atom stereocenters. The Morgan fingerprint density at radius 1 is 0.913 bits per heavy atom. The lowest BCUT2D eigenvalue weighted by atomic mass is 9.74. The standard InChI is InChI=1S/C21H24N2/c22-20-19-9-5-4-8-18(19)16-21(20)11-14-23(15-12-21)13-10-17-6-2-1-3-7-17/h1-9,22H,10-16H2. The molecular formula is C21H24N2. The van der Waals surface area contributed by atoms with Gasteiger partial charge in [0.05, 0.1) is 0 Å². The quantitative estimate of drug-likeness (QED) is 0.914. The van der Waals surface area contributed by atoms with Gasteiger partial charge in [-0.3, -0.25) is 0 Å². The van der Waals surface area contributed by atoms with Crippen LogP contribution in [0.15, 0.2) is 54.6 Å². The first-order valence-corrected chi connectivity index (χ1v) is 8.70. The highest BCUT2D eigenvalue weighted by atomic mass is 15.1. The summed E-state index contributed by atoms with van der Waals surface area (Å²) in [5.41, 5.74) is 5.03. The molecule has 1 aliphatic carbocycles. The Morgan fingerprint density at radius 3 is 2.35 bits per heavy atom. The minimum Gasteiger partial charge on any atom is -0.304 e. The van der Waals surface area contributed by atoms with Gasteiger partial charge < -0.3 is 10.3 Å². The molecule has 1 heterocycles. The maximum Gasteiger partial charge on any atom is 0.0454 e. The highest BCUT2D eigenvalue weighted by Gasteiger charge is 2.43. The van der Waals surface area contributed by atoms with Gasteiger partial charge in [-0.25, -0.2) is 0 Å². The van der Waals surface area contributed by atoms with Gasteiger partial charge in [0.25, 0.3) is 0 Å². The Balaban J connectivity index is 1.37. The first-order chi connectivity index (χ1) is 11.3. The molecule has 0 radical (unpaired) electrons. The lowest BCUT2D eigenvalue weighted by Gasteiger charge is -2.39. The highest BCUT2D eigenvalue weighted by molar-refractivity contribution is 6.06. The summed E-state index contributed by atoms with van der Waals surface area (Å²) in [6.45, 7) is 3.40. The van der Waals surface area contributed by atoms with E-state index >= 15 is 0 Å². The van der Waals surface area contributed by atoms with E-state index in [4.69, 9.17) is 5.41 Å². The average Bonchev–Trinajstić information content (AvgIpc) is 2.88. The second-order valence-corrected chi connectivity index (χ2v) is 7.07. The third-order valence-corrected chi connectivity index (χ3v) is 5.72. The van der Waals surface area contributed by atoms with E-state index in [-0.39, 0.29) is 5.41 Å². The van der Waals surface area contributed by atoms with E-state index < -0.39 is 0 Å². The van der Waals surface area contributed by atoms with Crippen molar-refractivity contribution in [1.29, 1.82) is 5.41 Å². The third-order valence-electron chi connectivity index (χ3n) is 5.72. The molecule has 2 heteroatoms. The van der Waals surface area contributed by atoms with Crippen molar-refractivity contribution in [3.63, 3.8) is 0 Å². The molecule has 0 saturated carbocycles. The predicted octanol–water partition coefficient (Wildman–Crippen LogP) is 3.94. The molecule has 0 amide bonds. The Labute approximate surface area is 138 Å². The highest BCUT2D eigenvalue weighted by Crippen LogP contribution is 2.44. The summed E-state index contributed by atoms with van der Waals surface area (Å²) in [5.74, 6) is 0. The Kier molecular flexibility index (Phi) is 3.78. The summed E-state index contributed by atoms with van der Waals surface area (Å²) >= 11 is 0. The number of benzene rings is 2. The van der Waals surface area contributed by atoms with Crippen LogP contribution in [0.4, 0.5) is 0 Å². The van der Waals surface area contributed by atoms with E-state index in [2.05, 4.69) is 59.5 Å². The van der Waals surface area contributed by atoms with Crippen LogP contribution in [-0.2, 0) is 12.8 Å². The molecule has 0 aromatic heterocycles. The summed E-state index contributed by atoms with van der Waals surface area (Å²) in [6.07, 6.45) is 4.48. The summed E-state index contributed by atoms with van der Waals surface area (Å²) < 4.78 is 0. The number of fused-ring (bicyclic) bond motifs is 1. The number of nitrogens with one attached hydrogen (secondary N) is 1. The van der Waals surface area contributed by atoms with Crippen molar-refractivity contribution in [3.8, 4) is 0 Å². The fraction of sp³-hybridized carbons (Fsp3) is 0.381. The molecular weight excluding hydrogens is 280 g/mol. The minimum atomic E-state index is 0.118. The fourth-order valence-corrected chi connectivity index (χ4v) is 4.22.